The minimum atomic E-state index is -0.400. The Bertz CT molecular complexity index is 1100. The van der Waals surface area contributed by atoms with E-state index in [2.05, 4.69) is 4.90 Å². The summed E-state index contributed by atoms with van der Waals surface area (Å²) in [4.78, 5) is 16.8. The number of benzene rings is 3. The van der Waals surface area contributed by atoms with Crippen molar-refractivity contribution < 1.29 is 18.7 Å². The summed E-state index contributed by atoms with van der Waals surface area (Å²) in [7, 11) is 1.65. The maximum Gasteiger partial charge on any atom is 0.254 e. The molecule has 1 heterocycles. The second kappa shape index (κ2) is 11.5. The quantitative estimate of drug-likeness (QED) is 0.442. The van der Waals surface area contributed by atoms with Gasteiger partial charge in [0.1, 0.15) is 11.6 Å². The molecule has 4 rings (SSSR count). The number of halogens is 2. The van der Waals surface area contributed by atoms with Crippen molar-refractivity contribution in [2.45, 2.75) is 12.7 Å². The molecule has 0 aromatic heterocycles. The molecule has 1 atom stereocenters. The van der Waals surface area contributed by atoms with E-state index in [1.165, 1.54) is 12.1 Å². The average molecular weight is 483 g/mol. The number of piperazine rings is 1. The zero-order valence-corrected chi connectivity index (χ0v) is 19.9. The lowest BCUT2D eigenvalue weighted by atomic mass is 10.1. The second-order valence-corrected chi connectivity index (χ2v) is 8.74. The molecule has 7 heteroatoms. The molecule has 5 nitrogen and oxygen atoms in total. The number of carbonyl (C=O) groups excluding carboxylic acids is 1. The van der Waals surface area contributed by atoms with Crippen molar-refractivity contribution in [3.8, 4) is 5.75 Å². The van der Waals surface area contributed by atoms with Crippen LogP contribution in [0.2, 0.25) is 5.02 Å². The summed E-state index contributed by atoms with van der Waals surface area (Å²) in [6.07, 6.45) is -0.158. The molecule has 1 aliphatic heterocycles. The van der Waals surface area contributed by atoms with Gasteiger partial charge in [-0.15, -0.1) is 0 Å². The maximum absolute atomic E-state index is 13.5. The molecule has 1 amide bonds. The number of methoxy groups -OCH3 is 1. The van der Waals surface area contributed by atoms with Crippen LogP contribution in [0.25, 0.3) is 0 Å². The first kappa shape index (κ1) is 24.2. The standard InChI is InChI=1S/C27H28ClFN2O3/c1-33-25-7-2-4-20(16-25)19-34-26(21-8-10-23(28)11-9-21)18-30-12-14-31(15-13-30)27(32)22-5-3-6-24(29)17-22/h2-11,16-17,26H,12-15,18-19H2,1H3. The van der Waals surface area contributed by atoms with Crippen LogP contribution in [-0.2, 0) is 11.3 Å². The molecule has 178 valence electrons. The largest absolute Gasteiger partial charge is 0.497 e. The van der Waals surface area contributed by atoms with Crippen molar-refractivity contribution in [1.82, 2.24) is 9.80 Å². The molecular weight excluding hydrogens is 455 g/mol. The molecule has 0 aliphatic carbocycles. The molecule has 34 heavy (non-hydrogen) atoms. The van der Waals surface area contributed by atoms with Gasteiger partial charge < -0.3 is 14.4 Å². The lowest BCUT2D eigenvalue weighted by Crippen LogP contribution is -2.49. The Morgan fingerprint density at radius 2 is 1.74 bits per heavy atom. The van der Waals surface area contributed by atoms with E-state index in [9.17, 15) is 9.18 Å². The summed E-state index contributed by atoms with van der Waals surface area (Å²) >= 11 is 6.09. The van der Waals surface area contributed by atoms with Crippen LogP contribution in [0.1, 0.15) is 27.6 Å². The fraction of sp³-hybridized carbons (Fsp3) is 0.296. The van der Waals surface area contributed by atoms with Crippen LogP contribution in [-0.4, -0.2) is 55.5 Å². The van der Waals surface area contributed by atoms with Gasteiger partial charge in [-0.05, 0) is 53.6 Å². The van der Waals surface area contributed by atoms with Gasteiger partial charge in [-0.25, -0.2) is 4.39 Å². The first-order valence-electron chi connectivity index (χ1n) is 11.3. The first-order valence-corrected chi connectivity index (χ1v) is 11.7. The van der Waals surface area contributed by atoms with Crippen LogP contribution < -0.4 is 4.74 Å². The minimum Gasteiger partial charge on any atom is -0.497 e. The van der Waals surface area contributed by atoms with Crippen molar-refractivity contribution in [2.75, 3.05) is 39.8 Å². The van der Waals surface area contributed by atoms with Gasteiger partial charge in [-0.3, -0.25) is 9.69 Å². The highest BCUT2D eigenvalue weighted by atomic mass is 35.5. The Hall–Kier alpha value is -2.93. The van der Waals surface area contributed by atoms with E-state index < -0.39 is 5.82 Å². The summed E-state index contributed by atoms with van der Waals surface area (Å²) in [6.45, 7) is 3.73. The lowest BCUT2D eigenvalue weighted by Gasteiger charge is -2.36. The summed E-state index contributed by atoms with van der Waals surface area (Å²) < 4.78 is 25.2. The number of carbonyl (C=O) groups is 1. The molecule has 0 spiro atoms. The average Bonchev–Trinajstić information content (AvgIpc) is 2.87. The van der Waals surface area contributed by atoms with Gasteiger partial charge in [0.05, 0.1) is 19.8 Å². The van der Waals surface area contributed by atoms with Crippen molar-refractivity contribution in [2.24, 2.45) is 0 Å². The Balaban J connectivity index is 1.39. The highest BCUT2D eigenvalue weighted by molar-refractivity contribution is 6.30. The van der Waals surface area contributed by atoms with Gasteiger partial charge in [0.2, 0.25) is 0 Å². The van der Waals surface area contributed by atoms with Crippen molar-refractivity contribution in [3.63, 3.8) is 0 Å². The molecule has 0 saturated carbocycles. The fourth-order valence-corrected chi connectivity index (χ4v) is 4.19. The van der Waals surface area contributed by atoms with E-state index in [-0.39, 0.29) is 12.0 Å². The summed E-state index contributed by atoms with van der Waals surface area (Å²) in [5.41, 5.74) is 2.46. The van der Waals surface area contributed by atoms with Crippen LogP contribution >= 0.6 is 11.6 Å². The molecule has 3 aromatic carbocycles. The molecule has 1 fully saturated rings. The van der Waals surface area contributed by atoms with E-state index in [4.69, 9.17) is 21.1 Å². The smallest absolute Gasteiger partial charge is 0.254 e. The van der Waals surface area contributed by atoms with E-state index in [1.807, 2.05) is 48.5 Å². The van der Waals surface area contributed by atoms with E-state index in [1.54, 1.807) is 24.1 Å². The number of amides is 1. The Morgan fingerprint density at radius 1 is 1.00 bits per heavy atom. The van der Waals surface area contributed by atoms with Crippen LogP contribution in [0, 0.1) is 5.82 Å². The molecular formula is C27H28ClFN2O3. The molecule has 0 radical (unpaired) electrons. The topological polar surface area (TPSA) is 42.0 Å². The van der Waals surface area contributed by atoms with Gasteiger partial charge >= 0.3 is 0 Å². The number of ether oxygens (including phenoxy) is 2. The van der Waals surface area contributed by atoms with Crippen LogP contribution in [0.3, 0.4) is 0 Å². The molecule has 0 bridgehead atoms. The number of nitrogens with zero attached hydrogens (tertiary/aromatic N) is 2. The predicted molar refractivity (Wildman–Crippen MR) is 131 cm³/mol. The Morgan fingerprint density at radius 3 is 2.44 bits per heavy atom. The highest BCUT2D eigenvalue weighted by Gasteiger charge is 2.25. The third-order valence-corrected chi connectivity index (χ3v) is 6.23. The summed E-state index contributed by atoms with van der Waals surface area (Å²) in [5, 5.41) is 0.680. The number of hydrogen-bond donors (Lipinski definition) is 0. The van der Waals surface area contributed by atoms with E-state index in [0.717, 1.165) is 16.9 Å². The minimum absolute atomic E-state index is 0.136. The lowest BCUT2D eigenvalue weighted by molar-refractivity contribution is 0.00337. The van der Waals surface area contributed by atoms with Gasteiger partial charge in [-0.2, -0.15) is 0 Å². The summed E-state index contributed by atoms with van der Waals surface area (Å²) in [6, 6.07) is 21.4. The molecule has 1 saturated heterocycles. The predicted octanol–water partition coefficient (Wildman–Crippen LogP) is 5.20. The van der Waals surface area contributed by atoms with Gasteiger partial charge in [0.25, 0.3) is 5.91 Å². The summed E-state index contributed by atoms with van der Waals surface area (Å²) in [5.74, 6) is 0.259. The van der Waals surface area contributed by atoms with Crippen LogP contribution in [0.4, 0.5) is 4.39 Å². The fourth-order valence-electron chi connectivity index (χ4n) is 4.06. The highest BCUT2D eigenvalue weighted by Crippen LogP contribution is 2.24. The molecule has 1 aliphatic rings. The number of rotatable bonds is 8. The van der Waals surface area contributed by atoms with Crippen molar-refractivity contribution >= 4 is 17.5 Å². The zero-order valence-electron chi connectivity index (χ0n) is 19.1. The molecule has 0 N–H and O–H groups in total. The normalized spacial score (nSPS) is 15.2. The van der Waals surface area contributed by atoms with E-state index in [0.29, 0.717) is 49.9 Å². The van der Waals surface area contributed by atoms with Crippen LogP contribution in [0.5, 0.6) is 5.75 Å². The first-order chi connectivity index (χ1) is 16.5. The van der Waals surface area contributed by atoms with Gasteiger partial charge in [0, 0.05) is 43.3 Å². The maximum atomic E-state index is 13.5. The van der Waals surface area contributed by atoms with Gasteiger partial charge in [0.15, 0.2) is 0 Å². The SMILES string of the molecule is COc1cccc(COC(CN2CCN(C(=O)c3cccc(F)c3)CC2)c2ccc(Cl)cc2)c1. The second-order valence-electron chi connectivity index (χ2n) is 8.31. The monoisotopic (exact) mass is 482 g/mol. The molecule has 3 aromatic rings. The third kappa shape index (κ3) is 6.35. The molecule has 1 unspecified atom stereocenters. The zero-order chi connectivity index (χ0) is 23.9. The third-order valence-electron chi connectivity index (χ3n) is 5.98. The Kier molecular flexibility index (Phi) is 8.16. The van der Waals surface area contributed by atoms with Crippen molar-refractivity contribution in [1.29, 1.82) is 0 Å². The van der Waals surface area contributed by atoms with Crippen molar-refractivity contribution in [3.05, 3.63) is 100 Å². The van der Waals surface area contributed by atoms with Gasteiger partial charge in [-0.1, -0.05) is 41.9 Å². The van der Waals surface area contributed by atoms with Crippen LogP contribution in [0.15, 0.2) is 72.8 Å². The Labute approximate surface area is 204 Å². The number of hydrogen-bond acceptors (Lipinski definition) is 4. The van der Waals surface area contributed by atoms with E-state index >= 15 is 0 Å².